The summed E-state index contributed by atoms with van der Waals surface area (Å²) in [6.07, 6.45) is 2.05. The van der Waals surface area contributed by atoms with E-state index in [1.54, 1.807) is 11.3 Å². The Hall–Kier alpha value is -1.07. The summed E-state index contributed by atoms with van der Waals surface area (Å²) >= 11 is 1.77. The Morgan fingerprint density at radius 2 is 2.35 bits per heavy atom. The quantitative estimate of drug-likeness (QED) is 0.436. The van der Waals surface area contributed by atoms with Gasteiger partial charge in [0.2, 0.25) is 0 Å². The van der Waals surface area contributed by atoms with Crippen LogP contribution in [0.1, 0.15) is 11.3 Å². The summed E-state index contributed by atoms with van der Waals surface area (Å²) in [6.45, 7) is 2.69. The zero-order valence-corrected chi connectivity index (χ0v) is 11.5. The minimum atomic E-state index is 0.556. The molecule has 0 aliphatic carbocycles. The Balaban J connectivity index is 2.07. The molecule has 0 saturated heterocycles. The van der Waals surface area contributed by atoms with Gasteiger partial charge in [0.1, 0.15) is 0 Å². The van der Waals surface area contributed by atoms with Crippen molar-refractivity contribution in [3.8, 4) is 0 Å². The van der Waals surface area contributed by atoms with Crippen molar-refractivity contribution in [2.24, 2.45) is 10.7 Å². The van der Waals surface area contributed by atoms with E-state index in [0.29, 0.717) is 5.96 Å². The van der Waals surface area contributed by atoms with Crippen molar-refractivity contribution in [1.29, 1.82) is 0 Å². The average Bonchev–Trinajstić information content (AvgIpc) is 2.77. The van der Waals surface area contributed by atoms with E-state index in [0.717, 1.165) is 32.5 Å². The van der Waals surface area contributed by atoms with Gasteiger partial charge in [-0.1, -0.05) is 6.07 Å². The minimum Gasteiger partial charge on any atom is -0.370 e. The number of guanidine groups is 1. The summed E-state index contributed by atoms with van der Waals surface area (Å²) in [4.78, 5) is 7.80. The van der Waals surface area contributed by atoms with Crippen molar-refractivity contribution in [3.63, 3.8) is 0 Å². The van der Waals surface area contributed by atoms with E-state index >= 15 is 0 Å². The fourth-order valence-electron chi connectivity index (χ4n) is 1.41. The SMILES string of the molecule is CN(C)CCCN=C(N)NCCc1cccs1. The monoisotopic (exact) mass is 254 g/mol. The summed E-state index contributed by atoms with van der Waals surface area (Å²) < 4.78 is 0. The summed E-state index contributed by atoms with van der Waals surface area (Å²) in [7, 11) is 4.12. The van der Waals surface area contributed by atoms with Gasteiger partial charge in [-0.15, -0.1) is 11.3 Å². The highest BCUT2D eigenvalue weighted by Crippen LogP contribution is 2.07. The largest absolute Gasteiger partial charge is 0.370 e. The Morgan fingerprint density at radius 3 is 3.00 bits per heavy atom. The van der Waals surface area contributed by atoms with Crippen LogP contribution in [0.5, 0.6) is 0 Å². The Kier molecular flexibility index (Phi) is 6.65. The van der Waals surface area contributed by atoms with Crippen LogP contribution in [0.25, 0.3) is 0 Å². The molecule has 0 atom stereocenters. The van der Waals surface area contributed by atoms with Gasteiger partial charge in [-0.3, -0.25) is 4.99 Å². The highest BCUT2D eigenvalue weighted by atomic mass is 32.1. The minimum absolute atomic E-state index is 0.556. The first-order valence-corrected chi connectivity index (χ1v) is 6.77. The van der Waals surface area contributed by atoms with Crippen molar-refractivity contribution in [1.82, 2.24) is 10.2 Å². The highest BCUT2D eigenvalue weighted by molar-refractivity contribution is 7.09. The fraction of sp³-hybridized carbons (Fsp3) is 0.583. The van der Waals surface area contributed by atoms with E-state index in [9.17, 15) is 0 Å². The van der Waals surface area contributed by atoms with Crippen LogP contribution in [-0.2, 0) is 6.42 Å². The molecule has 5 heteroatoms. The highest BCUT2D eigenvalue weighted by Gasteiger charge is 1.95. The van der Waals surface area contributed by atoms with Crippen molar-refractivity contribution in [2.75, 3.05) is 33.7 Å². The van der Waals surface area contributed by atoms with Gasteiger partial charge in [-0.2, -0.15) is 0 Å². The first kappa shape index (κ1) is 14.0. The molecule has 0 amide bonds. The van der Waals surface area contributed by atoms with Gasteiger partial charge in [-0.25, -0.2) is 0 Å². The third kappa shape index (κ3) is 6.97. The molecule has 0 fully saturated rings. The van der Waals surface area contributed by atoms with Crippen LogP contribution in [0.2, 0.25) is 0 Å². The maximum atomic E-state index is 5.76. The molecule has 0 saturated carbocycles. The summed E-state index contributed by atoms with van der Waals surface area (Å²) in [6, 6.07) is 4.20. The molecule has 0 aromatic carbocycles. The predicted octanol–water partition coefficient (Wildman–Crippen LogP) is 1.15. The molecule has 0 aliphatic heterocycles. The van der Waals surface area contributed by atoms with Crippen molar-refractivity contribution < 1.29 is 0 Å². The normalized spacial score (nSPS) is 12.1. The van der Waals surface area contributed by atoms with E-state index < -0.39 is 0 Å². The van der Waals surface area contributed by atoms with Crippen LogP contribution in [0.15, 0.2) is 22.5 Å². The summed E-state index contributed by atoms with van der Waals surface area (Å²) in [5.41, 5.74) is 5.76. The van der Waals surface area contributed by atoms with Gasteiger partial charge in [0.05, 0.1) is 0 Å². The molecular formula is C12H22N4S. The Morgan fingerprint density at radius 1 is 1.53 bits per heavy atom. The van der Waals surface area contributed by atoms with Crippen molar-refractivity contribution in [2.45, 2.75) is 12.8 Å². The maximum absolute atomic E-state index is 5.76. The lowest BCUT2D eigenvalue weighted by molar-refractivity contribution is 0.403. The van der Waals surface area contributed by atoms with Crippen LogP contribution in [0.3, 0.4) is 0 Å². The topological polar surface area (TPSA) is 53.6 Å². The molecule has 96 valence electrons. The molecule has 0 aliphatic rings. The Bertz CT molecular complexity index is 319. The second kappa shape index (κ2) is 8.08. The number of hydrogen-bond donors (Lipinski definition) is 2. The van der Waals surface area contributed by atoms with E-state index in [2.05, 4.69) is 46.8 Å². The molecule has 0 spiro atoms. The van der Waals surface area contributed by atoms with Gasteiger partial charge >= 0.3 is 0 Å². The number of aliphatic imine (C=N–C) groups is 1. The van der Waals surface area contributed by atoms with Gasteiger partial charge in [0.15, 0.2) is 5.96 Å². The second-order valence-corrected chi connectivity index (χ2v) is 5.21. The lowest BCUT2D eigenvalue weighted by Gasteiger charge is -2.08. The van der Waals surface area contributed by atoms with Crippen LogP contribution >= 0.6 is 11.3 Å². The zero-order chi connectivity index (χ0) is 12.5. The van der Waals surface area contributed by atoms with Crippen LogP contribution < -0.4 is 11.1 Å². The number of nitrogens with two attached hydrogens (primary N) is 1. The van der Waals surface area contributed by atoms with E-state index in [1.807, 2.05) is 0 Å². The van der Waals surface area contributed by atoms with Crippen molar-refractivity contribution in [3.05, 3.63) is 22.4 Å². The molecule has 0 bridgehead atoms. The standard InChI is InChI=1S/C12H22N4S/c1-16(2)9-4-7-14-12(13)15-8-6-11-5-3-10-17-11/h3,5,10H,4,6-9H2,1-2H3,(H3,13,14,15). The van der Waals surface area contributed by atoms with E-state index in [-0.39, 0.29) is 0 Å². The first-order chi connectivity index (χ1) is 8.18. The molecule has 0 radical (unpaired) electrons. The zero-order valence-electron chi connectivity index (χ0n) is 10.6. The molecule has 0 unspecified atom stereocenters. The lowest BCUT2D eigenvalue weighted by Crippen LogP contribution is -2.33. The van der Waals surface area contributed by atoms with Gasteiger partial charge in [0, 0.05) is 18.0 Å². The number of thiophene rings is 1. The molecular weight excluding hydrogens is 232 g/mol. The van der Waals surface area contributed by atoms with Crippen LogP contribution in [0.4, 0.5) is 0 Å². The van der Waals surface area contributed by atoms with Crippen LogP contribution in [-0.4, -0.2) is 44.6 Å². The molecule has 1 aromatic rings. The molecule has 3 N–H and O–H groups in total. The molecule has 17 heavy (non-hydrogen) atoms. The third-order valence-electron chi connectivity index (χ3n) is 2.30. The van der Waals surface area contributed by atoms with Gasteiger partial charge < -0.3 is 16.0 Å². The molecule has 4 nitrogen and oxygen atoms in total. The Labute approximate surface area is 108 Å². The predicted molar refractivity (Wildman–Crippen MR) is 75.7 cm³/mol. The number of nitrogens with one attached hydrogen (secondary N) is 1. The number of nitrogens with zero attached hydrogens (tertiary/aromatic N) is 2. The third-order valence-corrected chi connectivity index (χ3v) is 3.24. The summed E-state index contributed by atoms with van der Waals surface area (Å²) in [5.74, 6) is 0.556. The average molecular weight is 254 g/mol. The molecule has 1 rings (SSSR count). The number of hydrogen-bond acceptors (Lipinski definition) is 3. The summed E-state index contributed by atoms with van der Waals surface area (Å²) in [5, 5.41) is 5.22. The number of rotatable bonds is 7. The maximum Gasteiger partial charge on any atom is 0.188 e. The lowest BCUT2D eigenvalue weighted by atomic mass is 10.3. The van der Waals surface area contributed by atoms with Gasteiger partial charge in [0.25, 0.3) is 0 Å². The molecule has 1 heterocycles. The first-order valence-electron chi connectivity index (χ1n) is 5.89. The smallest absolute Gasteiger partial charge is 0.188 e. The van der Waals surface area contributed by atoms with Gasteiger partial charge in [-0.05, 0) is 44.9 Å². The molecule has 1 aromatic heterocycles. The van der Waals surface area contributed by atoms with E-state index in [4.69, 9.17) is 5.73 Å². The van der Waals surface area contributed by atoms with E-state index in [1.165, 1.54) is 4.88 Å². The second-order valence-electron chi connectivity index (χ2n) is 4.18. The fourth-order valence-corrected chi connectivity index (χ4v) is 2.12. The van der Waals surface area contributed by atoms with Crippen LogP contribution in [0, 0.1) is 0 Å². The van der Waals surface area contributed by atoms with Crippen molar-refractivity contribution >= 4 is 17.3 Å².